The highest BCUT2D eigenvalue weighted by molar-refractivity contribution is 6.10. The van der Waals surface area contributed by atoms with Gasteiger partial charge in [-0.15, -0.1) is 0 Å². The maximum Gasteiger partial charge on any atom is 0.185 e. The van der Waals surface area contributed by atoms with Gasteiger partial charge in [-0.25, -0.2) is 19.7 Å². The van der Waals surface area contributed by atoms with Crippen molar-refractivity contribution in [3.8, 4) is 61.8 Å². The molecule has 0 bridgehead atoms. The average Bonchev–Trinajstić information content (AvgIpc) is 3.73. The predicted octanol–water partition coefficient (Wildman–Crippen LogP) is 16.5. The lowest BCUT2D eigenvalue weighted by Gasteiger charge is -2.25. The molecule has 0 amide bonds. The third-order valence-corrected chi connectivity index (χ3v) is 12.0. The summed E-state index contributed by atoms with van der Waals surface area (Å²) in [6, 6.07) is 78.6. The Morgan fingerprint density at radius 3 is 1.44 bits per heavy atom. The summed E-state index contributed by atoms with van der Waals surface area (Å²) in [5.41, 5.74) is 14.8. The molecule has 0 aliphatic carbocycles. The molecule has 0 saturated carbocycles. The van der Waals surface area contributed by atoms with Gasteiger partial charge in [0.05, 0.1) is 35.6 Å². The van der Waals surface area contributed by atoms with Crippen molar-refractivity contribution in [2.45, 2.75) is 0 Å². The minimum absolute atomic E-state index is 0.392. The summed E-state index contributed by atoms with van der Waals surface area (Å²) in [5.74, 6) is 0.576. The van der Waals surface area contributed by atoms with Gasteiger partial charge < -0.3 is 9.47 Å². The van der Waals surface area contributed by atoms with Gasteiger partial charge in [-0.2, -0.15) is 0 Å². The molecule has 6 heteroatoms. The standard InChI is InChI=1S/C60H38N6/c1-61-55-37-46(54-40-53(43-17-7-3-8-18-43)63-60(64-54)45-19-9-4-10-20-45)38-56(62-2)59(55)44-29-27-41(28-30-44)42-31-33-49(34-32-42)66-57-26-16-15-25-51(57)52-39-50(35-36-58(52)66)65(47-21-11-5-12-22-47)48-23-13-6-14-24-48/h3-40H. The SMILES string of the molecule is [C-]#[N+]c1cc(-c2cc(-c3ccccc3)nc(-c3ccccc3)n2)cc([N+]#[C-])c1-c1ccc(-c2ccc(-n3c4ccccc4c4cc(N(c5ccccc5)c5ccccc5)ccc43)cc2)cc1. The fourth-order valence-electron chi connectivity index (χ4n) is 8.91. The second-order valence-corrected chi connectivity index (χ2v) is 16.0. The zero-order valence-corrected chi connectivity index (χ0v) is 35.6. The van der Waals surface area contributed by atoms with Crippen molar-refractivity contribution in [3.63, 3.8) is 0 Å². The van der Waals surface area contributed by atoms with Crippen molar-refractivity contribution < 1.29 is 0 Å². The zero-order valence-electron chi connectivity index (χ0n) is 35.6. The van der Waals surface area contributed by atoms with E-state index in [1.54, 1.807) is 0 Å². The molecule has 0 radical (unpaired) electrons. The Kier molecular flexibility index (Phi) is 10.2. The minimum Gasteiger partial charge on any atom is -0.310 e. The Balaban J connectivity index is 0.919. The lowest BCUT2D eigenvalue weighted by Crippen LogP contribution is -2.09. The number of aromatic nitrogens is 3. The van der Waals surface area contributed by atoms with Crippen LogP contribution < -0.4 is 4.90 Å². The summed E-state index contributed by atoms with van der Waals surface area (Å²) in [6.45, 7) is 16.5. The van der Waals surface area contributed by atoms with Gasteiger partial charge >= 0.3 is 0 Å². The maximum absolute atomic E-state index is 8.26. The normalized spacial score (nSPS) is 11.0. The summed E-state index contributed by atoms with van der Waals surface area (Å²) >= 11 is 0. The molecule has 0 spiro atoms. The molecular weight excluding hydrogens is 805 g/mol. The van der Waals surface area contributed by atoms with Gasteiger partial charge in [0.15, 0.2) is 17.2 Å². The fraction of sp³-hybridized carbons (Fsp3) is 0. The van der Waals surface area contributed by atoms with Gasteiger partial charge in [-0.05, 0) is 107 Å². The van der Waals surface area contributed by atoms with Crippen LogP contribution in [-0.2, 0) is 0 Å². The first-order valence-electron chi connectivity index (χ1n) is 21.7. The molecule has 9 aromatic carbocycles. The van der Waals surface area contributed by atoms with Crippen molar-refractivity contribution in [2.75, 3.05) is 4.90 Å². The van der Waals surface area contributed by atoms with Crippen molar-refractivity contribution in [1.29, 1.82) is 0 Å². The molecule has 0 aliphatic heterocycles. The average molecular weight is 843 g/mol. The van der Waals surface area contributed by atoms with E-state index in [0.717, 1.165) is 67.3 Å². The maximum atomic E-state index is 8.26. The van der Waals surface area contributed by atoms with Crippen molar-refractivity contribution >= 4 is 50.2 Å². The predicted molar refractivity (Wildman–Crippen MR) is 271 cm³/mol. The van der Waals surface area contributed by atoms with Crippen LogP contribution in [0.2, 0.25) is 0 Å². The van der Waals surface area contributed by atoms with Crippen LogP contribution in [0.25, 0.3) is 93.3 Å². The first-order chi connectivity index (χ1) is 32.6. The first kappa shape index (κ1) is 39.5. The Morgan fingerprint density at radius 1 is 0.364 bits per heavy atom. The Morgan fingerprint density at radius 2 is 0.848 bits per heavy atom. The van der Waals surface area contributed by atoms with E-state index < -0.39 is 0 Å². The van der Waals surface area contributed by atoms with E-state index >= 15 is 0 Å². The van der Waals surface area contributed by atoms with Crippen LogP contribution in [0.15, 0.2) is 231 Å². The van der Waals surface area contributed by atoms with E-state index in [-0.39, 0.29) is 0 Å². The Hall–Kier alpha value is -9.36. The minimum atomic E-state index is 0.392. The third-order valence-electron chi connectivity index (χ3n) is 12.0. The van der Waals surface area contributed by atoms with Gasteiger partial charge in [0.1, 0.15) is 0 Å². The first-order valence-corrected chi connectivity index (χ1v) is 21.7. The highest BCUT2D eigenvalue weighted by atomic mass is 15.1. The number of nitrogens with zero attached hydrogens (tertiary/aromatic N) is 6. The van der Waals surface area contributed by atoms with Crippen molar-refractivity contribution in [3.05, 3.63) is 253 Å². The quantitative estimate of drug-likeness (QED) is 0.136. The van der Waals surface area contributed by atoms with Crippen LogP contribution in [0.5, 0.6) is 0 Å². The monoisotopic (exact) mass is 842 g/mol. The fourth-order valence-corrected chi connectivity index (χ4v) is 8.91. The molecule has 11 rings (SSSR count). The number of hydrogen-bond donors (Lipinski definition) is 0. The topological polar surface area (TPSA) is 42.7 Å². The second-order valence-electron chi connectivity index (χ2n) is 16.0. The molecule has 2 aromatic heterocycles. The van der Waals surface area contributed by atoms with Crippen molar-refractivity contribution in [2.24, 2.45) is 0 Å². The van der Waals surface area contributed by atoms with Gasteiger partial charge in [0.25, 0.3) is 0 Å². The molecule has 0 fully saturated rings. The van der Waals surface area contributed by atoms with E-state index in [1.165, 1.54) is 10.8 Å². The molecule has 66 heavy (non-hydrogen) atoms. The number of benzene rings is 9. The van der Waals surface area contributed by atoms with Crippen LogP contribution in [0.3, 0.4) is 0 Å². The Labute approximate surface area is 383 Å². The van der Waals surface area contributed by atoms with Crippen LogP contribution in [0.1, 0.15) is 0 Å². The van der Waals surface area contributed by atoms with Crippen LogP contribution in [0, 0.1) is 13.1 Å². The third kappa shape index (κ3) is 7.31. The molecule has 0 aliphatic rings. The summed E-state index contributed by atoms with van der Waals surface area (Å²) in [6.07, 6.45) is 0. The molecule has 0 atom stereocenters. The zero-order chi connectivity index (χ0) is 44.4. The summed E-state index contributed by atoms with van der Waals surface area (Å²) in [4.78, 5) is 20.1. The highest BCUT2D eigenvalue weighted by Gasteiger charge is 2.19. The molecule has 0 saturated heterocycles. The van der Waals surface area contributed by atoms with E-state index in [4.69, 9.17) is 23.1 Å². The number of anilines is 3. The van der Waals surface area contributed by atoms with Gasteiger partial charge in [0, 0.05) is 44.6 Å². The van der Waals surface area contributed by atoms with E-state index in [2.05, 4.69) is 147 Å². The van der Waals surface area contributed by atoms with Gasteiger partial charge in [-0.1, -0.05) is 152 Å². The molecule has 308 valence electrons. The van der Waals surface area contributed by atoms with E-state index in [0.29, 0.717) is 34.0 Å². The molecule has 0 N–H and O–H groups in total. The number of rotatable bonds is 9. The summed E-state index contributed by atoms with van der Waals surface area (Å²) in [5, 5.41) is 2.36. The number of fused-ring (bicyclic) bond motifs is 3. The largest absolute Gasteiger partial charge is 0.310 e. The Bertz CT molecular complexity index is 3490. The highest BCUT2D eigenvalue weighted by Crippen LogP contribution is 2.44. The number of hydrogen-bond acceptors (Lipinski definition) is 3. The lowest BCUT2D eigenvalue weighted by molar-refractivity contribution is 1.18. The summed E-state index contributed by atoms with van der Waals surface area (Å²) in [7, 11) is 0. The number of para-hydroxylation sites is 3. The smallest absolute Gasteiger partial charge is 0.185 e. The van der Waals surface area contributed by atoms with Gasteiger partial charge in [-0.3, -0.25) is 0 Å². The second kappa shape index (κ2) is 17.1. The molecule has 0 unspecified atom stereocenters. The lowest BCUT2D eigenvalue weighted by atomic mass is 9.95. The summed E-state index contributed by atoms with van der Waals surface area (Å²) < 4.78 is 2.34. The van der Waals surface area contributed by atoms with Gasteiger partial charge in [0.2, 0.25) is 0 Å². The van der Waals surface area contributed by atoms with Crippen molar-refractivity contribution in [1.82, 2.24) is 14.5 Å². The van der Waals surface area contributed by atoms with Crippen LogP contribution in [0.4, 0.5) is 28.4 Å². The molecule has 11 aromatic rings. The van der Waals surface area contributed by atoms with E-state index in [1.807, 2.05) is 103 Å². The van der Waals surface area contributed by atoms with Crippen LogP contribution >= 0.6 is 0 Å². The molecule has 2 heterocycles. The van der Waals surface area contributed by atoms with E-state index in [9.17, 15) is 0 Å². The van der Waals surface area contributed by atoms with Crippen LogP contribution in [-0.4, -0.2) is 14.5 Å². The molecular formula is C60H38N6. The molecule has 6 nitrogen and oxygen atoms in total.